The third-order valence-electron chi connectivity index (χ3n) is 3.84. The maximum absolute atomic E-state index is 12.1. The molecule has 0 radical (unpaired) electrons. The van der Waals surface area contributed by atoms with Crippen molar-refractivity contribution in [3.8, 4) is 0 Å². The fourth-order valence-corrected chi connectivity index (χ4v) is 3.38. The van der Waals surface area contributed by atoms with Crippen LogP contribution in [-0.4, -0.2) is 45.2 Å². The Morgan fingerprint density at radius 2 is 2.13 bits per heavy atom. The van der Waals surface area contributed by atoms with Gasteiger partial charge in [0.1, 0.15) is 17.0 Å². The number of carbonyl (C=O) groups excluding carboxylic acids is 1. The van der Waals surface area contributed by atoms with Crippen molar-refractivity contribution in [2.45, 2.75) is 38.6 Å². The maximum Gasteiger partial charge on any atom is 0.270 e. The van der Waals surface area contributed by atoms with Crippen molar-refractivity contribution in [3.63, 3.8) is 0 Å². The topological polar surface area (TPSA) is 83.9 Å². The molecule has 0 aromatic carbocycles. The minimum Gasteiger partial charge on any atom is -0.348 e. The lowest BCUT2D eigenvalue weighted by atomic mass is 10.1. The second-order valence-corrected chi connectivity index (χ2v) is 6.89. The van der Waals surface area contributed by atoms with Crippen LogP contribution >= 0.6 is 11.3 Å². The molecule has 2 aromatic rings. The van der Waals surface area contributed by atoms with E-state index in [4.69, 9.17) is 0 Å². The molecule has 1 saturated heterocycles. The Morgan fingerprint density at radius 3 is 2.74 bits per heavy atom. The van der Waals surface area contributed by atoms with Gasteiger partial charge in [0.25, 0.3) is 5.91 Å². The molecule has 1 fully saturated rings. The fourth-order valence-electron chi connectivity index (χ4n) is 2.49. The number of nitrogens with one attached hydrogen (secondary N) is 1. The van der Waals surface area contributed by atoms with Gasteiger partial charge >= 0.3 is 0 Å². The number of hydrogen-bond donors (Lipinski definition) is 1. The summed E-state index contributed by atoms with van der Waals surface area (Å²) in [6.07, 6.45) is 4.76. The first-order chi connectivity index (χ1) is 11.1. The molecule has 0 spiro atoms. The second kappa shape index (κ2) is 6.99. The van der Waals surface area contributed by atoms with Crippen molar-refractivity contribution in [2.24, 2.45) is 0 Å². The Labute approximate surface area is 139 Å². The van der Waals surface area contributed by atoms with Crippen molar-refractivity contribution in [3.05, 3.63) is 29.3 Å². The Bertz CT molecular complexity index is 651. The molecule has 0 atom stereocenters. The van der Waals surface area contributed by atoms with Gasteiger partial charge in [0.2, 0.25) is 5.13 Å². The Morgan fingerprint density at radius 1 is 1.35 bits per heavy atom. The minimum atomic E-state index is -0.135. The zero-order chi connectivity index (χ0) is 16.2. The van der Waals surface area contributed by atoms with E-state index in [9.17, 15) is 4.79 Å². The summed E-state index contributed by atoms with van der Waals surface area (Å²) in [6.45, 7) is 6.00. The third-order valence-corrected chi connectivity index (χ3v) is 5.12. The lowest BCUT2D eigenvalue weighted by molar-refractivity contribution is 0.0926. The smallest absolute Gasteiger partial charge is 0.270 e. The number of aromatic nitrogens is 4. The summed E-state index contributed by atoms with van der Waals surface area (Å²) in [5.41, 5.74) is 0.410. The molecule has 2 aromatic heterocycles. The van der Waals surface area contributed by atoms with E-state index in [1.54, 1.807) is 23.6 Å². The monoisotopic (exact) mass is 332 g/mol. The molecule has 0 unspecified atom stereocenters. The number of carbonyl (C=O) groups is 1. The van der Waals surface area contributed by atoms with E-state index in [0.717, 1.165) is 36.1 Å². The normalized spacial score (nSPS) is 15.9. The van der Waals surface area contributed by atoms with Crippen LogP contribution in [-0.2, 0) is 0 Å². The first kappa shape index (κ1) is 15.8. The molecule has 1 aliphatic heterocycles. The Hall–Kier alpha value is -2.09. The Kier molecular flexibility index (Phi) is 4.80. The van der Waals surface area contributed by atoms with Gasteiger partial charge in [-0.15, -0.1) is 10.2 Å². The molecule has 1 amide bonds. The van der Waals surface area contributed by atoms with Gasteiger partial charge in [-0.2, -0.15) is 0 Å². The highest BCUT2D eigenvalue weighted by atomic mass is 32.1. The molecule has 1 aliphatic rings. The summed E-state index contributed by atoms with van der Waals surface area (Å²) in [7, 11) is 0. The molecule has 0 bridgehead atoms. The van der Waals surface area contributed by atoms with Gasteiger partial charge < -0.3 is 10.2 Å². The predicted molar refractivity (Wildman–Crippen MR) is 88.7 cm³/mol. The van der Waals surface area contributed by atoms with Gasteiger partial charge in [0, 0.05) is 31.2 Å². The highest BCUT2D eigenvalue weighted by Crippen LogP contribution is 2.27. The summed E-state index contributed by atoms with van der Waals surface area (Å²) in [5.74, 6) is 0.273. The third kappa shape index (κ3) is 3.82. The summed E-state index contributed by atoms with van der Waals surface area (Å²) in [4.78, 5) is 22.2. The van der Waals surface area contributed by atoms with E-state index in [2.05, 4.69) is 44.2 Å². The summed E-state index contributed by atoms with van der Waals surface area (Å²) in [6, 6.07) is 1.80. The van der Waals surface area contributed by atoms with Gasteiger partial charge in [-0.25, -0.2) is 9.97 Å². The van der Waals surface area contributed by atoms with Crippen LogP contribution in [0.15, 0.2) is 18.6 Å². The van der Waals surface area contributed by atoms with E-state index < -0.39 is 0 Å². The van der Waals surface area contributed by atoms with Gasteiger partial charge in [0.15, 0.2) is 0 Å². The fraction of sp³-hybridized carbons (Fsp3) is 0.533. The van der Waals surface area contributed by atoms with Crippen molar-refractivity contribution < 1.29 is 4.79 Å². The molecule has 122 valence electrons. The average molecular weight is 332 g/mol. The number of rotatable bonds is 4. The molecule has 1 N–H and O–H groups in total. The van der Waals surface area contributed by atoms with Crippen LogP contribution in [0.3, 0.4) is 0 Å². The molecule has 8 heteroatoms. The van der Waals surface area contributed by atoms with Crippen LogP contribution in [0.4, 0.5) is 5.13 Å². The molecule has 3 heterocycles. The number of nitrogens with zero attached hydrogens (tertiary/aromatic N) is 5. The largest absolute Gasteiger partial charge is 0.348 e. The summed E-state index contributed by atoms with van der Waals surface area (Å²) < 4.78 is 0. The van der Waals surface area contributed by atoms with Crippen molar-refractivity contribution in [2.75, 3.05) is 18.0 Å². The lowest BCUT2D eigenvalue weighted by Crippen LogP contribution is -2.44. The molecule has 0 saturated carbocycles. The van der Waals surface area contributed by atoms with Crippen molar-refractivity contribution in [1.29, 1.82) is 0 Å². The summed E-state index contributed by atoms with van der Waals surface area (Å²) >= 11 is 1.66. The van der Waals surface area contributed by atoms with E-state index in [-0.39, 0.29) is 11.9 Å². The lowest BCUT2D eigenvalue weighted by Gasteiger charge is -2.31. The zero-order valence-corrected chi connectivity index (χ0v) is 14.1. The van der Waals surface area contributed by atoms with Crippen LogP contribution < -0.4 is 10.2 Å². The first-order valence-corrected chi connectivity index (χ1v) is 8.60. The molecular formula is C15H20N6OS. The number of hydrogen-bond acceptors (Lipinski definition) is 7. The highest BCUT2D eigenvalue weighted by molar-refractivity contribution is 7.15. The van der Waals surface area contributed by atoms with E-state index in [0.29, 0.717) is 11.6 Å². The predicted octanol–water partition coefficient (Wildman–Crippen LogP) is 1.85. The van der Waals surface area contributed by atoms with Crippen LogP contribution in [0.1, 0.15) is 48.1 Å². The van der Waals surface area contributed by atoms with Gasteiger partial charge in [-0.1, -0.05) is 25.2 Å². The molecular weight excluding hydrogens is 312 g/mol. The van der Waals surface area contributed by atoms with Crippen LogP contribution in [0.5, 0.6) is 0 Å². The van der Waals surface area contributed by atoms with Gasteiger partial charge in [-0.3, -0.25) is 4.79 Å². The number of anilines is 1. The maximum atomic E-state index is 12.1. The van der Waals surface area contributed by atoms with E-state index >= 15 is 0 Å². The molecule has 3 rings (SSSR count). The molecule has 0 aliphatic carbocycles. The van der Waals surface area contributed by atoms with E-state index in [1.807, 2.05) is 0 Å². The summed E-state index contributed by atoms with van der Waals surface area (Å²) in [5, 5.41) is 13.6. The van der Waals surface area contributed by atoms with Crippen molar-refractivity contribution >= 4 is 22.4 Å². The van der Waals surface area contributed by atoms with Crippen LogP contribution in [0.25, 0.3) is 0 Å². The van der Waals surface area contributed by atoms with Crippen LogP contribution in [0, 0.1) is 0 Å². The van der Waals surface area contributed by atoms with Crippen molar-refractivity contribution in [1.82, 2.24) is 25.5 Å². The number of piperidine rings is 1. The Balaban J connectivity index is 1.53. The van der Waals surface area contributed by atoms with E-state index in [1.165, 1.54) is 6.33 Å². The zero-order valence-electron chi connectivity index (χ0n) is 13.3. The molecule has 23 heavy (non-hydrogen) atoms. The number of amides is 1. The van der Waals surface area contributed by atoms with Gasteiger partial charge in [0.05, 0.1) is 0 Å². The standard InChI is InChI=1S/C15H20N6OS/c1-10(2)14-19-20-15(23-14)21-7-4-11(5-8-21)18-13(22)12-3-6-16-9-17-12/h3,6,9-11H,4-5,7-8H2,1-2H3,(H,18,22). The highest BCUT2D eigenvalue weighted by Gasteiger charge is 2.24. The van der Waals surface area contributed by atoms with Crippen LogP contribution in [0.2, 0.25) is 0 Å². The SMILES string of the molecule is CC(C)c1nnc(N2CCC(NC(=O)c3ccncn3)CC2)s1. The first-order valence-electron chi connectivity index (χ1n) is 7.78. The average Bonchev–Trinajstić information content (AvgIpc) is 3.07. The molecule has 7 nitrogen and oxygen atoms in total. The minimum absolute atomic E-state index is 0.135. The second-order valence-electron chi connectivity index (χ2n) is 5.91. The quantitative estimate of drug-likeness (QED) is 0.920. The van der Waals surface area contributed by atoms with Gasteiger partial charge in [-0.05, 0) is 18.9 Å².